The van der Waals surface area contributed by atoms with E-state index in [1.54, 1.807) is 29.8 Å². The van der Waals surface area contributed by atoms with Crippen molar-refractivity contribution in [3.8, 4) is 11.5 Å². The quantitative estimate of drug-likeness (QED) is 0.572. The number of furan rings is 1. The highest BCUT2D eigenvalue weighted by atomic mass is 79.9. The number of amides is 1. The Labute approximate surface area is 168 Å². The highest BCUT2D eigenvalue weighted by molar-refractivity contribution is 9.10. The summed E-state index contributed by atoms with van der Waals surface area (Å²) in [5.41, 5.74) is 0.827. The zero-order chi connectivity index (χ0) is 19.0. The van der Waals surface area contributed by atoms with Crippen LogP contribution in [0.2, 0.25) is 0 Å². The molecule has 0 saturated heterocycles. The number of benzene rings is 1. The van der Waals surface area contributed by atoms with E-state index in [1.165, 1.54) is 23.5 Å². The Morgan fingerprint density at radius 2 is 2.11 bits per heavy atom. The molecule has 4 rings (SSSR count). The molecule has 2 heterocycles. The third-order valence-electron chi connectivity index (χ3n) is 3.89. The van der Waals surface area contributed by atoms with Crippen LogP contribution in [0, 0.1) is 0 Å². The molecule has 2 aromatic heterocycles. The van der Waals surface area contributed by atoms with E-state index in [9.17, 15) is 13.2 Å². The van der Waals surface area contributed by atoms with Crippen molar-refractivity contribution >= 4 is 48.3 Å². The lowest BCUT2D eigenvalue weighted by Gasteiger charge is -2.09. The first-order chi connectivity index (χ1) is 12.9. The van der Waals surface area contributed by atoms with E-state index < -0.39 is 15.9 Å². The predicted octanol–water partition coefficient (Wildman–Crippen LogP) is 3.86. The summed E-state index contributed by atoms with van der Waals surface area (Å²) >= 11 is 4.56. The zero-order valence-corrected chi connectivity index (χ0v) is 17.0. The maximum absolute atomic E-state index is 12.6. The standard InChI is InChI=1S/C17H14BrN3O4S2/c18-13-6-5-11(27(23,24)21-10-3-4-10)8-12(13)16(22)20-17-19-14(9-26-17)15-2-1-7-25-15/h1-2,5-10,21H,3-4H2,(H,19,20,22). The van der Waals surface area contributed by atoms with Gasteiger partial charge in [0.05, 0.1) is 16.7 Å². The van der Waals surface area contributed by atoms with Crippen LogP contribution in [0.5, 0.6) is 0 Å². The number of anilines is 1. The molecule has 0 aliphatic heterocycles. The Kier molecular flexibility index (Phi) is 4.89. The molecule has 3 aromatic rings. The van der Waals surface area contributed by atoms with Gasteiger partial charge in [-0.2, -0.15) is 0 Å². The SMILES string of the molecule is O=C(Nc1nc(-c2ccco2)cs1)c1cc(S(=O)(=O)NC2CC2)ccc1Br. The Bertz CT molecular complexity index is 1090. The molecule has 1 aliphatic carbocycles. The maximum Gasteiger partial charge on any atom is 0.258 e. The van der Waals surface area contributed by atoms with Crippen LogP contribution in [0.3, 0.4) is 0 Å². The summed E-state index contributed by atoms with van der Waals surface area (Å²) in [5, 5.41) is 4.85. The minimum atomic E-state index is -3.64. The van der Waals surface area contributed by atoms with E-state index in [1.807, 2.05) is 0 Å². The molecule has 10 heteroatoms. The fourth-order valence-electron chi connectivity index (χ4n) is 2.37. The number of nitrogens with zero attached hydrogens (tertiary/aromatic N) is 1. The first-order valence-electron chi connectivity index (χ1n) is 8.05. The van der Waals surface area contributed by atoms with Gasteiger partial charge in [0.2, 0.25) is 10.0 Å². The van der Waals surface area contributed by atoms with Crippen molar-refractivity contribution in [3.63, 3.8) is 0 Å². The number of hydrogen-bond donors (Lipinski definition) is 2. The minimum Gasteiger partial charge on any atom is -0.463 e. The van der Waals surface area contributed by atoms with Crippen LogP contribution < -0.4 is 10.0 Å². The lowest BCUT2D eigenvalue weighted by Crippen LogP contribution is -2.26. The molecule has 27 heavy (non-hydrogen) atoms. The Morgan fingerprint density at radius 3 is 2.81 bits per heavy atom. The molecule has 140 valence electrons. The van der Waals surface area contributed by atoms with Gasteiger partial charge in [0.15, 0.2) is 10.9 Å². The molecule has 0 radical (unpaired) electrons. The van der Waals surface area contributed by atoms with Gasteiger partial charge in [-0.25, -0.2) is 18.1 Å². The van der Waals surface area contributed by atoms with Crippen molar-refractivity contribution in [2.24, 2.45) is 0 Å². The molecule has 1 fully saturated rings. The van der Waals surface area contributed by atoms with E-state index in [0.717, 1.165) is 12.8 Å². The van der Waals surface area contributed by atoms with Gasteiger partial charge in [-0.05, 0) is 59.1 Å². The molecule has 0 unspecified atom stereocenters. The number of thiazole rings is 1. The average Bonchev–Trinajstić information content (AvgIpc) is 3.10. The number of hydrogen-bond acceptors (Lipinski definition) is 6. The third kappa shape index (κ3) is 4.13. The van der Waals surface area contributed by atoms with Crippen LogP contribution in [-0.4, -0.2) is 25.4 Å². The molecule has 7 nitrogen and oxygen atoms in total. The van der Waals surface area contributed by atoms with E-state index in [2.05, 4.69) is 31.0 Å². The monoisotopic (exact) mass is 467 g/mol. The van der Waals surface area contributed by atoms with E-state index in [-0.39, 0.29) is 16.5 Å². The first kappa shape index (κ1) is 18.4. The second-order valence-electron chi connectivity index (χ2n) is 6.01. The number of rotatable bonds is 6. The predicted molar refractivity (Wildman–Crippen MR) is 105 cm³/mol. The number of nitrogens with one attached hydrogen (secondary N) is 2. The number of carbonyl (C=O) groups is 1. The molecule has 0 spiro atoms. The minimum absolute atomic E-state index is 0.00809. The van der Waals surface area contributed by atoms with Gasteiger partial charge in [-0.1, -0.05) is 0 Å². The number of sulfonamides is 1. The molecule has 1 aromatic carbocycles. The van der Waals surface area contributed by atoms with Gasteiger partial charge in [0.1, 0.15) is 5.69 Å². The van der Waals surface area contributed by atoms with Crippen LogP contribution in [0.1, 0.15) is 23.2 Å². The zero-order valence-electron chi connectivity index (χ0n) is 13.8. The number of halogens is 1. The molecular formula is C17H14BrN3O4S2. The van der Waals surface area contributed by atoms with Crippen LogP contribution >= 0.6 is 27.3 Å². The highest BCUT2D eigenvalue weighted by Gasteiger charge is 2.28. The number of carbonyl (C=O) groups excluding carboxylic acids is 1. The Balaban J connectivity index is 1.55. The van der Waals surface area contributed by atoms with E-state index in [4.69, 9.17) is 4.42 Å². The van der Waals surface area contributed by atoms with Gasteiger partial charge < -0.3 is 4.42 Å². The summed E-state index contributed by atoms with van der Waals surface area (Å²) in [4.78, 5) is 17.0. The molecule has 2 N–H and O–H groups in total. The van der Waals surface area contributed by atoms with Gasteiger partial charge >= 0.3 is 0 Å². The average molecular weight is 468 g/mol. The van der Waals surface area contributed by atoms with E-state index in [0.29, 0.717) is 21.1 Å². The molecule has 1 saturated carbocycles. The summed E-state index contributed by atoms with van der Waals surface area (Å²) in [6.07, 6.45) is 3.22. The summed E-state index contributed by atoms with van der Waals surface area (Å²) in [7, 11) is -3.64. The third-order valence-corrected chi connectivity index (χ3v) is 6.86. The second kappa shape index (κ2) is 7.19. The number of aromatic nitrogens is 1. The lowest BCUT2D eigenvalue weighted by molar-refractivity contribution is 0.102. The fraction of sp³-hybridized carbons (Fsp3) is 0.176. The van der Waals surface area contributed by atoms with Crippen LogP contribution in [-0.2, 0) is 10.0 Å². The second-order valence-corrected chi connectivity index (χ2v) is 9.43. The Morgan fingerprint density at radius 1 is 1.30 bits per heavy atom. The normalized spacial score (nSPS) is 14.3. The molecule has 0 bridgehead atoms. The highest BCUT2D eigenvalue weighted by Crippen LogP contribution is 2.28. The largest absolute Gasteiger partial charge is 0.463 e. The van der Waals surface area contributed by atoms with E-state index >= 15 is 0 Å². The first-order valence-corrected chi connectivity index (χ1v) is 11.2. The molecule has 1 amide bonds. The van der Waals surface area contributed by atoms with Gasteiger partial charge in [0, 0.05) is 15.9 Å². The summed E-state index contributed by atoms with van der Waals surface area (Å²) in [5.74, 6) is 0.151. The topological polar surface area (TPSA) is 101 Å². The van der Waals surface area contributed by atoms with Crippen LogP contribution in [0.15, 0.2) is 55.8 Å². The van der Waals surface area contributed by atoms with Crippen molar-refractivity contribution in [2.75, 3.05) is 5.32 Å². The van der Waals surface area contributed by atoms with Crippen LogP contribution in [0.4, 0.5) is 5.13 Å². The lowest BCUT2D eigenvalue weighted by atomic mass is 10.2. The molecular weight excluding hydrogens is 454 g/mol. The summed E-state index contributed by atoms with van der Waals surface area (Å²) in [6.45, 7) is 0. The van der Waals surface area contributed by atoms with Crippen molar-refractivity contribution < 1.29 is 17.6 Å². The van der Waals surface area contributed by atoms with Gasteiger partial charge in [-0.3, -0.25) is 10.1 Å². The van der Waals surface area contributed by atoms with Crippen LogP contribution in [0.25, 0.3) is 11.5 Å². The van der Waals surface area contributed by atoms with Gasteiger partial charge in [-0.15, -0.1) is 11.3 Å². The summed E-state index contributed by atoms with van der Waals surface area (Å²) in [6, 6.07) is 7.89. The smallest absolute Gasteiger partial charge is 0.258 e. The van der Waals surface area contributed by atoms with Crippen molar-refractivity contribution in [1.82, 2.24) is 9.71 Å². The van der Waals surface area contributed by atoms with Gasteiger partial charge in [0.25, 0.3) is 5.91 Å². The van der Waals surface area contributed by atoms with Crippen molar-refractivity contribution in [1.29, 1.82) is 0 Å². The summed E-state index contributed by atoms with van der Waals surface area (Å²) < 4.78 is 33.1. The van der Waals surface area contributed by atoms with Crippen molar-refractivity contribution in [2.45, 2.75) is 23.8 Å². The Hall–Kier alpha value is -2.01. The fourth-order valence-corrected chi connectivity index (χ4v) is 4.82. The molecule has 1 aliphatic rings. The van der Waals surface area contributed by atoms with Crippen molar-refractivity contribution in [3.05, 3.63) is 52.0 Å². The molecule has 0 atom stereocenters. The maximum atomic E-state index is 12.6.